The Morgan fingerprint density at radius 2 is 1.76 bits per heavy atom. The largest absolute Gasteiger partial charge is 0.489 e. The number of hydrogen-bond acceptors (Lipinski definition) is 6. The van der Waals surface area contributed by atoms with E-state index in [1.807, 2.05) is 48.5 Å². The van der Waals surface area contributed by atoms with Crippen molar-refractivity contribution in [3.63, 3.8) is 0 Å². The molecule has 0 saturated heterocycles. The van der Waals surface area contributed by atoms with Gasteiger partial charge in [0.2, 0.25) is 0 Å². The summed E-state index contributed by atoms with van der Waals surface area (Å²) in [4.78, 5) is 23.2. The van der Waals surface area contributed by atoms with Gasteiger partial charge in [0.1, 0.15) is 18.1 Å². The summed E-state index contributed by atoms with van der Waals surface area (Å²) >= 11 is 0. The number of ether oxygens (including phenoxy) is 3. The molecule has 0 amide bonds. The zero-order valence-corrected chi connectivity index (χ0v) is 14.0. The van der Waals surface area contributed by atoms with E-state index in [-0.39, 0.29) is 5.70 Å². The fraction of sp³-hybridized carbons (Fsp3) is 0.158. The van der Waals surface area contributed by atoms with Crippen molar-refractivity contribution in [1.29, 1.82) is 0 Å². The molecule has 2 rings (SSSR count). The molecule has 6 heteroatoms. The first-order valence-corrected chi connectivity index (χ1v) is 7.54. The minimum Gasteiger partial charge on any atom is -0.489 e. The maximum atomic E-state index is 11.8. The third-order valence-electron chi connectivity index (χ3n) is 3.22. The lowest BCUT2D eigenvalue weighted by Gasteiger charge is -2.11. The highest BCUT2D eigenvalue weighted by atomic mass is 16.5. The van der Waals surface area contributed by atoms with Gasteiger partial charge in [-0.3, -0.25) is 0 Å². The van der Waals surface area contributed by atoms with Gasteiger partial charge >= 0.3 is 11.9 Å². The van der Waals surface area contributed by atoms with Gasteiger partial charge in [-0.25, -0.2) is 9.59 Å². The van der Waals surface area contributed by atoms with Crippen molar-refractivity contribution < 1.29 is 23.8 Å². The van der Waals surface area contributed by atoms with Gasteiger partial charge in [-0.1, -0.05) is 30.3 Å². The second-order valence-electron chi connectivity index (χ2n) is 5.00. The van der Waals surface area contributed by atoms with Crippen LogP contribution in [0.4, 0.5) is 5.69 Å². The molecule has 0 aromatic heterocycles. The third-order valence-corrected chi connectivity index (χ3v) is 3.22. The van der Waals surface area contributed by atoms with Gasteiger partial charge in [-0.15, -0.1) is 0 Å². The van der Waals surface area contributed by atoms with Crippen LogP contribution < -0.4 is 10.1 Å². The van der Waals surface area contributed by atoms with Crippen molar-refractivity contribution in [2.45, 2.75) is 6.61 Å². The Labute approximate surface area is 146 Å². The lowest BCUT2D eigenvalue weighted by Crippen LogP contribution is -2.15. The number of nitrogens with one attached hydrogen (secondary N) is 1. The summed E-state index contributed by atoms with van der Waals surface area (Å²) in [5, 5.41) is 2.86. The zero-order chi connectivity index (χ0) is 18.1. The average molecular weight is 341 g/mol. The first-order chi connectivity index (χ1) is 12.1. The van der Waals surface area contributed by atoms with Crippen LogP contribution in [-0.2, 0) is 25.7 Å². The van der Waals surface area contributed by atoms with Crippen molar-refractivity contribution in [1.82, 2.24) is 0 Å². The molecule has 2 aromatic carbocycles. The quantitative estimate of drug-likeness (QED) is 0.617. The van der Waals surface area contributed by atoms with E-state index in [0.717, 1.165) is 17.4 Å². The Morgan fingerprint density at radius 3 is 2.44 bits per heavy atom. The maximum Gasteiger partial charge on any atom is 0.354 e. The number of carbonyl (C=O) groups is 2. The summed E-state index contributed by atoms with van der Waals surface area (Å²) in [7, 11) is 2.47. The molecule has 0 aliphatic rings. The number of rotatable bonds is 7. The highest BCUT2D eigenvalue weighted by Crippen LogP contribution is 2.16. The van der Waals surface area contributed by atoms with Gasteiger partial charge in [0, 0.05) is 5.69 Å². The predicted octanol–water partition coefficient (Wildman–Crippen LogP) is 2.91. The lowest BCUT2D eigenvalue weighted by molar-refractivity contribution is -0.138. The smallest absolute Gasteiger partial charge is 0.354 e. The number of anilines is 1. The molecule has 0 heterocycles. The molecular formula is C19H19NO5. The molecule has 0 radical (unpaired) electrons. The van der Waals surface area contributed by atoms with Gasteiger partial charge in [0.25, 0.3) is 0 Å². The maximum absolute atomic E-state index is 11.8. The van der Waals surface area contributed by atoms with E-state index in [1.54, 1.807) is 6.07 Å². The molecule has 0 aliphatic heterocycles. The van der Waals surface area contributed by atoms with Crippen LogP contribution in [0.2, 0.25) is 0 Å². The Morgan fingerprint density at radius 1 is 1.00 bits per heavy atom. The van der Waals surface area contributed by atoms with Crippen molar-refractivity contribution >= 4 is 17.6 Å². The monoisotopic (exact) mass is 341 g/mol. The molecule has 0 bridgehead atoms. The highest BCUT2D eigenvalue weighted by Gasteiger charge is 2.13. The standard InChI is InChI=1S/C19H19NO5/c1-23-18(21)12-17(19(22)24-2)20-15-8-6-7-14(11-15)13-25-16-9-4-3-5-10-16/h3-12,20H,13H2,1-2H3/b17-12+. The number of benzene rings is 2. The van der Waals surface area contributed by atoms with E-state index in [9.17, 15) is 9.59 Å². The van der Waals surface area contributed by atoms with Gasteiger partial charge < -0.3 is 19.5 Å². The summed E-state index contributed by atoms with van der Waals surface area (Å²) in [5.41, 5.74) is 1.50. The Kier molecular flexibility index (Phi) is 6.59. The van der Waals surface area contributed by atoms with Gasteiger partial charge in [0.15, 0.2) is 0 Å². The second-order valence-corrected chi connectivity index (χ2v) is 5.00. The average Bonchev–Trinajstić information content (AvgIpc) is 2.66. The third kappa shape index (κ3) is 5.69. The zero-order valence-electron chi connectivity index (χ0n) is 14.0. The minimum atomic E-state index is -0.670. The number of methoxy groups -OCH3 is 2. The van der Waals surface area contributed by atoms with Crippen LogP contribution >= 0.6 is 0 Å². The Balaban J connectivity index is 2.09. The van der Waals surface area contributed by atoms with E-state index in [1.165, 1.54) is 14.2 Å². The van der Waals surface area contributed by atoms with Crippen LogP contribution in [0, 0.1) is 0 Å². The molecular weight excluding hydrogens is 322 g/mol. The second kappa shape index (κ2) is 9.12. The van der Waals surface area contributed by atoms with Crippen LogP contribution in [0.1, 0.15) is 5.56 Å². The number of carbonyl (C=O) groups excluding carboxylic acids is 2. The fourth-order valence-corrected chi connectivity index (χ4v) is 2.01. The van der Waals surface area contributed by atoms with Crippen molar-refractivity contribution in [3.05, 3.63) is 71.9 Å². The van der Waals surface area contributed by atoms with Crippen molar-refractivity contribution in [3.8, 4) is 5.75 Å². The molecule has 25 heavy (non-hydrogen) atoms. The fourth-order valence-electron chi connectivity index (χ4n) is 2.01. The van der Waals surface area contributed by atoms with Gasteiger partial charge in [-0.05, 0) is 29.8 Å². The summed E-state index contributed by atoms with van der Waals surface area (Å²) in [5.74, 6) is -0.561. The van der Waals surface area contributed by atoms with Crippen molar-refractivity contribution in [2.75, 3.05) is 19.5 Å². The predicted molar refractivity (Wildman–Crippen MR) is 93.0 cm³/mol. The molecule has 1 N–H and O–H groups in total. The molecule has 0 aliphatic carbocycles. The SMILES string of the molecule is COC(=O)/C=C(/Nc1cccc(COc2ccccc2)c1)C(=O)OC. The van der Waals surface area contributed by atoms with Crippen LogP contribution in [0.3, 0.4) is 0 Å². The van der Waals surface area contributed by atoms with E-state index in [2.05, 4.69) is 14.8 Å². The lowest BCUT2D eigenvalue weighted by atomic mass is 10.2. The molecule has 0 fully saturated rings. The molecule has 2 aromatic rings. The Bertz CT molecular complexity index is 755. The summed E-state index contributed by atoms with van der Waals surface area (Å²) in [6, 6.07) is 16.7. The number of para-hydroxylation sites is 1. The molecule has 6 nitrogen and oxygen atoms in total. The first kappa shape index (κ1) is 18.1. The molecule has 0 unspecified atom stereocenters. The summed E-state index contributed by atoms with van der Waals surface area (Å²) < 4.78 is 14.9. The highest BCUT2D eigenvalue weighted by molar-refractivity contribution is 5.98. The van der Waals surface area contributed by atoms with Gasteiger partial charge in [-0.2, -0.15) is 0 Å². The molecule has 130 valence electrons. The Hall–Kier alpha value is -3.28. The van der Waals surface area contributed by atoms with E-state index < -0.39 is 11.9 Å². The van der Waals surface area contributed by atoms with Gasteiger partial charge in [0.05, 0.1) is 20.3 Å². The number of esters is 2. The topological polar surface area (TPSA) is 73.9 Å². The van der Waals surface area contributed by atoms with Crippen molar-refractivity contribution in [2.24, 2.45) is 0 Å². The first-order valence-electron chi connectivity index (χ1n) is 7.54. The van der Waals surface area contributed by atoms with E-state index in [4.69, 9.17) is 4.74 Å². The minimum absolute atomic E-state index is 0.0181. The van der Waals surface area contributed by atoms with Crippen LogP contribution in [0.5, 0.6) is 5.75 Å². The number of hydrogen-bond donors (Lipinski definition) is 1. The van der Waals surface area contributed by atoms with Crippen LogP contribution in [0.25, 0.3) is 0 Å². The summed E-state index contributed by atoms with van der Waals surface area (Å²) in [6.45, 7) is 0.369. The van der Waals surface area contributed by atoms with Crippen LogP contribution in [0.15, 0.2) is 66.4 Å². The molecule has 0 atom stereocenters. The normalized spacial score (nSPS) is 10.7. The van der Waals surface area contributed by atoms with E-state index in [0.29, 0.717) is 12.3 Å². The molecule has 0 spiro atoms. The van der Waals surface area contributed by atoms with E-state index >= 15 is 0 Å². The summed E-state index contributed by atoms with van der Waals surface area (Å²) in [6.07, 6.45) is 1.04. The molecule has 0 saturated carbocycles. The van der Waals surface area contributed by atoms with Crippen LogP contribution in [-0.4, -0.2) is 26.2 Å².